The van der Waals surface area contributed by atoms with Gasteiger partial charge in [0.25, 0.3) is 0 Å². The standard InChI is InChI=1S/C25H25FN4OS/c1-15(2)16-6-8-18(9-7-16)29-25(31)17-10-12-30(13-11-17)24-23-22(27-14-28-24)21-19(26)4-3-5-20(21)32-23/h3-9,14-15,17H,10-13H2,1-2H3,(H,29,31). The van der Waals surface area contributed by atoms with Gasteiger partial charge in [0.2, 0.25) is 5.91 Å². The van der Waals surface area contributed by atoms with Crippen LogP contribution in [0.25, 0.3) is 20.3 Å². The molecule has 0 unspecified atom stereocenters. The van der Waals surface area contributed by atoms with Crippen molar-refractivity contribution in [1.82, 2.24) is 9.97 Å². The molecule has 0 atom stereocenters. The third-order valence-corrected chi connectivity index (χ3v) is 7.36. The Balaban J connectivity index is 1.29. The Bertz CT molecular complexity index is 1280. The molecule has 2 aromatic carbocycles. The number of nitrogens with zero attached hydrogens (tertiary/aromatic N) is 3. The molecule has 2 aromatic heterocycles. The number of anilines is 2. The molecule has 3 heterocycles. The second-order valence-corrected chi connectivity index (χ2v) is 9.67. The number of piperidine rings is 1. The molecule has 7 heteroatoms. The van der Waals surface area contributed by atoms with Gasteiger partial charge in [0.15, 0.2) is 0 Å². The van der Waals surface area contributed by atoms with Crippen LogP contribution < -0.4 is 10.2 Å². The molecule has 1 N–H and O–H groups in total. The van der Waals surface area contributed by atoms with Gasteiger partial charge in [-0.25, -0.2) is 14.4 Å². The molecule has 164 valence electrons. The summed E-state index contributed by atoms with van der Waals surface area (Å²) in [7, 11) is 0. The Morgan fingerprint density at radius 3 is 2.59 bits per heavy atom. The topological polar surface area (TPSA) is 58.1 Å². The summed E-state index contributed by atoms with van der Waals surface area (Å²) in [6, 6.07) is 13.2. The highest BCUT2D eigenvalue weighted by Gasteiger charge is 2.27. The highest BCUT2D eigenvalue weighted by Crippen LogP contribution is 2.39. The van der Waals surface area contributed by atoms with Crippen LogP contribution >= 0.6 is 11.3 Å². The monoisotopic (exact) mass is 448 g/mol. The SMILES string of the molecule is CC(C)c1ccc(NC(=O)C2CCN(c3ncnc4c3sc3cccc(F)c34)CC2)cc1. The quantitative estimate of drug-likeness (QED) is 0.418. The van der Waals surface area contributed by atoms with Crippen molar-refractivity contribution in [2.45, 2.75) is 32.6 Å². The first-order chi connectivity index (χ1) is 15.5. The number of hydrogen-bond acceptors (Lipinski definition) is 5. The van der Waals surface area contributed by atoms with E-state index >= 15 is 0 Å². The van der Waals surface area contributed by atoms with Crippen molar-refractivity contribution in [3.63, 3.8) is 0 Å². The number of carbonyl (C=O) groups excluding carboxylic acids is 1. The van der Waals surface area contributed by atoms with Crippen molar-refractivity contribution < 1.29 is 9.18 Å². The molecule has 0 bridgehead atoms. The van der Waals surface area contributed by atoms with E-state index in [1.807, 2.05) is 18.2 Å². The van der Waals surface area contributed by atoms with E-state index in [9.17, 15) is 9.18 Å². The molecular weight excluding hydrogens is 423 g/mol. The molecule has 32 heavy (non-hydrogen) atoms. The highest BCUT2D eigenvalue weighted by atomic mass is 32.1. The van der Waals surface area contributed by atoms with Gasteiger partial charge in [0.05, 0.1) is 15.6 Å². The van der Waals surface area contributed by atoms with Gasteiger partial charge in [-0.1, -0.05) is 32.0 Å². The summed E-state index contributed by atoms with van der Waals surface area (Å²) in [4.78, 5) is 23.9. The lowest BCUT2D eigenvalue weighted by molar-refractivity contribution is -0.120. The number of carbonyl (C=O) groups is 1. The normalized spacial score (nSPS) is 15.1. The fourth-order valence-electron chi connectivity index (χ4n) is 4.34. The lowest BCUT2D eigenvalue weighted by Gasteiger charge is -2.32. The molecule has 0 spiro atoms. The fourth-order valence-corrected chi connectivity index (χ4v) is 5.53. The average molecular weight is 449 g/mol. The number of nitrogens with one attached hydrogen (secondary N) is 1. The summed E-state index contributed by atoms with van der Waals surface area (Å²) in [5.41, 5.74) is 2.76. The second-order valence-electron chi connectivity index (χ2n) is 8.62. The Hall–Kier alpha value is -3.06. The van der Waals surface area contributed by atoms with Crippen LogP contribution in [-0.2, 0) is 4.79 Å². The maximum absolute atomic E-state index is 14.4. The molecule has 1 aliphatic rings. The zero-order valence-corrected chi connectivity index (χ0v) is 19.0. The van der Waals surface area contributed by atoms with Crippen LogP contribution in [0.2, 0.25) is 0 Å². The van der Waals surface area contributed by atoms with Crippen molar-refractivity contribution >= 4 is 49.1 Å². The van der Waals surface area contributed by atoms with E-state index in [-0.39, 0.29) is 17.6 Å². The summed E-state index contributed by atoms with van der Waals surface area (Å²) >= 11 is 1.52. The highest BCUT2D eigenvalue weighted by molar-refractivity contribution is 7.26. The molecule has 0 radical (unpaired) electrons. The third kappa shape index (κ3) is 3.81. The van der Waals surface area contributed by atoms with Crippen molar-refractivity contribution in [3.8, 4) is 0 Å². The lowest BCUT2D eigenvalue weighted by atomic mass is 9.95. The Morgan fingerprint density at radius 1 is 1.12 bits per heavy atom. The number of amides is 1. The number of hydrogen-bond donors (Lipinski definition) is 1. The largest absolute Gasteiger partial charge is 0.355 e. The van der Waals surface area contributed by atoms with E-state index in [1.165, 1.54) is 29.3 Å². The predicted octanol–water partition coefficient (Wildman–Crippen LogP) is 5.96. The van der Waals surface area contributed by atoms with E-state index in [0.717, 1.165) is 46.8 Å². The van der Waals surface area contributed by atoms with Crippen LogP contribution in [0.3, 0.4) is 0 Å². The number of thiophene rings is 1. The molecule has 1 fully saturated rings. The van der Waals surface area contributed by atoms with Crippen LogP contribution in [0.5, 0.6) is 0 Å². The van der Waals surface area contributed by atoms with Crippen molar-refractivity contribution in [3.05, 3.63) is 60.2 Å². The zero-order chi connectivity index (χ0) is 22.2. The van der Waals surface area contributed by atoms with Gasteiger partial charge in [-0.2, -0.15) is 0 Å². The second kappa shape index (κ2) is 8.47. The van der Waals surface area contributed by atoms with Gasteiger partial charge in [0, 0.05) is 29.4 Å². The first kappa shape index (κ1) is 20.8. The van der Waals surface area contributed by atoms with E-state index in [4.69, 9.17) is 0 Å². The molecule has 1 aliphatic heterocycles. The Morgan fingerprint density at radius 2 is 1.88 bits per heavy atom. The summed E-state index contributed by atoms with van der Waals surface area (Å²) in [5.74, 6) is 1.08. The number of aromatic nitrogens is 2. The van der Waals surface area contributed by atoms with Crippen molar-refractivity contribution in [2.75, 3.05) is 23.3 Å². The summed E-state index contributed by atoms with van der Waals surface area (Å²) in [6.45, 7) is 5.77. The van der Waals surface area contributed by atoms with Crippen molar-refractivity contribution in [1.29, 1.82) is 0 Å². The van der Waals surface area contributed by atoms with Gasteiger partial charge < -0.3 is 10.2 Å². The average Bonchev–Trinajstić information content (AvgIpc) is 3.19. The maximum atomic E-state index is 14.4. The molecule has 5 rings (SSSR count). The van der Waals surface area contributed by atoms with Gasteiger partial charge in [-0.05, 0) is 48.6 Å². The van der Waals surface area contributed by atoms with Crippen LogP contribution in [-0.4, -0.2) is 29.0 Å². The number of fused-ring (bicyclic) bond motifs is 3. The van der Waals surface area contributed by atoms with Crippen LogP contribution in [0.1, 0.15) is 38.2 Å². The minimum absolute atomic E-state index is 0.0341. The first-order valence-electron chi connectivity index (χ1n) is 11.0. The molecule has 1 saturated heterocycles. The molecule has 4 aromatic rings. The summed E-state index contributed by atoms with van der Waals surface area (Å²) in [6.07, 6.45) is 3.01. The summed E-state index contributed by atoms with van der Waals surface area (Å²) < 4.78 is 16.2. The van der Waals surface area contributed by atoms with Gasteiger partial charge >= 0.3 is 0 Å². The molecule has 5 nitrogen and oxygen atoms in total. The smallest absolute Gasteiger partial charge is 0.227 e. The van der Waals surface area contributed by atoms with Gasteiger partial charge in [-0.3, -0.25) is 4.79 Å². The van der Waals surface area contributed by atoms with Gasteiger partial charge in [0.1, 0.15) is 18.0 Å². The predicted molar refractivity (Wildman–Crippen MR) is 129 cm³/mol. The lowest BCUT2D eigenvalue weighted by Crippen LogP contribution is -2.38. The van der Waals surface area contributed by atoms with Crippen LogP contribution in [0.15, 0.2) is 48.8 Å². The molecule has 0 aliphatic carbocycles. The van der Waals surface area contributed by atoms with E-state index in [1.54, 1.807) is 6.07 Å². The summed E-state index contributed by atoms with van der Waals surface area (Å²) in [5, 5.41) is 3.63. The zero-order valence-electron chi connectivity index (χ0n) is 18.1. The number of benzene rings is 2. The van der Waals surface area contributed by atoms with E-state index in [2.05, 4.69) is 46.2 Å². The molecule has 0 saturated carbocycles. The molecule has 1 amide bonds. The number of rotatable bonds is 4. The van der Waals surface area contributed by atoms with Crippen molar-refractivity contribution in [2.24, 2.45) is 5.92 Å². The maximum Gasteiger partial charge on any atom is 0.227 e. The van der Waals surface area contributed by atoms with Gasteiger partial charge in [-0.15, -0.1) is 11.3 Å². The fraction of sp³-hybridized carbons (Fsp3) is 0.320. The Kier molecular flexibility index (Phi) is 5.51. The van der Waals surface area contributed by atoms with E-state index in [0.29, 0.717) is 16.8 Å². The van der Waals surface area contributed by atoms with E-state index < -0.39 is 0 Å². The third-order valence-electron chi connectivity index (χ3n) is 6.22. The van der Waals surface area contributed by atoms with Crippen LogP contribution in [0.4, 0.5) is 15.9 Å². The first-order valence-corrected chi connectivity index (χ1v) is 11.8. The molecular formula is C25H25FN4OS. The minimum atomic E-state index is -0.254. The van der Waals surface area contributed by atoms with Crippen LogP contribution in [0, 0.1) is 11.7 Å². The number of halogens is 1. The minimum Gasteiger partial charge on any atom is -0.355 e. The Labute approximate surface area is 190 Å².